The Labute approximate surface area is 216 Å². The van der Waals surface area contributed by atoms with E-state index in [1.807, 2.05) is 44.4 Å². The Hall–Kier alpha value is -3.26. The molecule has 178 valence electrons. The van der Waals surface area contributed by atoms with Crippen molar-refractivity contribution in [3.05, 3.63) is 106 Å². The Morgan fingerprint density at radius 3 is 1.57 bits per heavy atom. The third-order valence-electron chi connectivity index (χ3n) is 7.20. The van der Waals surface area contributed by atoms with Crippen molar-refractivity contribution < 1.29 is 14.6 Å². The second-order valence-corrected chi connectivity index (χ2v) is 9.75. The van der Waals surface area contributed by atoms with Crippen LogP contribution >= 0.6 is 0 Å². The van der Waals surface area contributed by atoms with E-state index in [4.69, 9.17) is 5.48 Å². The monoisotopic (exact) mass is 466 g/mol. The Bertz CT molecular complexity index is 1540. The maximum absolute atomic E-state index is 8.25. The molecule has 0 unspecified atom stereocenters. The lowest BCUT2D eigenvalue weighted by atomic mass is 9.91. The van der Waals surface area contributed by atoms with Gasteiger partial charge in [-0.05, 0) is 93.1 Å². The lowest BCUT2D eigenvalue weighted by Gasteiger charge is -2.15. The van der Waals surface area contributed by atoms with E-state index in [0.717, 1.165) is 52.9 Å². The summed E-state index contributed by atoms with van der Waals surface area (Å²) in [5, 5.41) is 0. The van der Waals surface area contributed by atoms with Gasteiger partial charge in [0.2, 0.25) is 11.4 Å². The molecule has 0 bridgehead atoms. The van der Waals surface area contributed by atoms with Gasteiger partial charge in [0.1, 0.15) is 14.1 Å². The molecule has 0 saturated heterocycles. The normalized spacial score (nSPS) is 18.6. The molecule has 0 radical (unpaired) electrons. The number of rotatable bonds is 2. The number of nitrogens with zero attached hydrogens (tertiary/aromatic N) is 2. The molecule has 2 nitrogen and oxygen atoms in total. The summed E-state index contributed by atoms with van der Waals surface area (Å²) in [6.45, 7) is 4.20. The van der Waals surface area contributed by atoms with Crippen molar-refractivity contribution in [1.82, 2.24) is 0 Å². The first-order valence-corrected chi connectivity index (χ1v) is 12.7. The molecule has 0 amide bonds. The summed E-state index contributed by atoms with van der Waals surface area (Å²) < 4.78 is 37.0. The lowest BCUT2D eigenvalue weighted by Crippen LogP contribution is -2.32. The van der Waals surface area contributed by atoms with E-state index < -0.39 is 12.7 Å². The summed E-state index contributed by atoms with van der Waals surface area (Å²) in [5.74, 6) is 0. The average molecular weight is 467 g/mol. The molecule has 2 heteroatoms. The Balaban J connectivity index is 0.000000158. The number of aryl methyl sites for hydroxylation is 8. The molecule has 0 saturated carbocycles. The molecule has 0 aliphatic heterocycles. The molecule has 2 aliphatic carbocycles. The number of hydrogen-bond acceptors (Lipinski definition) is 0. The van der Waals surface area contributed by atoms with Crippen molar-refractivity contribution in [2.24, 2.45) is 14.1 Å². The molecule has 6 rings (SSSR count). The van der Waals surface area contributed by atoms with Crippen LogP contribution in [0.25, 0.3) is 22.5 Å². The molecule has 4 aromatic rings. The first kappa shape index (κ1) is 19.0. The highest BCUT2D eigenvalue weighted by molar-refractivity contribution is 5.62. The van der Waals surface area contributed by atoms with Gasteiger partial charge in [-0.3, -0.25) is 0 Å². The van der Waals surface area contributed by atoms with Crippen molar-refractivity contribution in [1.29, 1.82) is 0 Å². The summed E-state index contributed by atoms with van der Waals surface area (Å²) in [6, 6.07) is 20.6. The van der Waals surface area contributed by atoms with Crippen LogP contribution in [0.3, 0.4) is 0 Å². The van der Waals surface area contributed by atoms with Gasteiger partial charge in [-0.15, -0.1) is 0 Å². The summed E-state index contributed by atoms with van der Waals surface area (Å²) >= 11 is 0. The van der Waals surface area contributed by atoms with Crippen molar-refractivity contribution in [3.8, 4) is 22.5 Å². The number of pyridine rings is 2. The maximum Gasteiger partial charge on any atom is 0.212 e. The van der Waals surface area contributed by atoms with E-state index >= 15 is 0 Å². The second kappa shape index (κ2) is 10.2. The fourth-order valence-corrected chi connectivity index (χ4v) is 5.23. The van der Waals surface area contributed by atoms with E-state index in [1.54, 1.807) is 0 Å². The highest BCUT2D eigenvalue weighted by atomic mass is 14.9. The predicted octanol–water partition coefficient (Wildman–Crippen LogP) is 6.34. The summed E-state index contributed by atoms with van der Waals surface area (Å²) in [6.07, 6.45) is 5.79. The smallest absolute Gasteiger partial charge is 0.201 e. The van der Waals surface area contributed by atoms with E-state index in [9.17, 15) is 0 Å². The van der Waals surface area contributed by atoms with E-state index in [1.165, 1.54) is 22.3 Å². The predicted molar refractivity (Wildman–Crippen MR) is 144 cm³/mol. The second-order valence-electron chi connectivity index (χ2n) is 9.75. The van der Waals surface area contributed by atoms with Gasteiger partial charge in [-0.1, -0.05) is 36.4 Å². The Morgan fingerprint density at radius 2 is 1.06 bits per heavy atom. The van der Waals surface area contributed by atoms with E-state index in [-0.39, 0.29) is 0 Å². The lowest BCUT2D eigenvalue weighted by molar-refractivity contribution is -0.661. The van der Waals surface area contributed by atoms with Crippen LogP contribution in [0.1, 0.15) is 58.1 Å². The minimum Gasteiger partial charge on any atom is -0.201 e. The van der Waals surface area contributed by atoms with Crippen LogP contribution in [0.15, 0.2) is 73.1 Å². The van der Waals surface area contributed by atoms with Crippen LogP contribution in [0.5, 0.6) is 0 Å². The quantitative estimate of drug-likeness (QED) is 0.305. The molecule has 0 atom stereocenters. The molecule has 2 aliphatic rings. The van der Waals surface area contributed by atoms with Crippen molar-refractivity contribution in [3.63, 3.8) is 0 Å². The van der Waals surface area contributed by atoms with Gasteiger partial charge in [0, 0.05) is 39.9 Å². The summed E-state index contributed by atoms with van der Waals surface area (Å²) in [5.41, 5.74) is 11.0. The molecular formula is C33H38N2+2. The van der Waals surface area contributed by atoms with Crippen LogP contribution in [0.4, 0.5) is 0 Å². The van der Waals surface area contributed by atoms with Crippen LogP contribution in [0.2, 0.25) is 0 Å². The van der Waals surface area contributed by atoms with Gasteiger partial charge in [-0.2, -0.15) is 0 Å². The van der Waals surface area contributed by atoms with Crippen LogP contribution < -0.4 is 9.13 Å². The van der Waals surface area contributed by atoms with Crippen molar-refractivity contribution in [2.75, 3.05) is 0 Å². The van der Waals surface area contributed by atoms with Crippen LogP contribution in [-0.2, 0) is 39.7 Å². The first-order chi connectivity index (χ1) is 18.5. The topological polar surface area (TPSA) is 7.76 Å². The van der Waals surface area contributed by atoms with Crippen LogP contribution in [0, 0.1) is 13.8 Å². The minimum atomic E-state index is -1.20. The average Bonchev–Trinajstić information content (AvgIpc) is 3.17. The third-order valence-corrected chi connectivity index (χ3v) is 7.20. The highest BCUT2D eigenvalue weighted by Gasteiger charge is 2.20. The van der Waals surface area contributed by atoms with Crippen LogP contribution in [-0.4, -0.2) is 0 Å². The van der Waals surface area contributed by atoms with Gasteiger partial charge >= 0.3 is 0 Å². The molecule has 35 heavy (non-hydrogen) atoms. The van der Waals surface area contributed by atoms with Gasteiger partial charge in [0.05, 0.1) is 0 Å². The molecule has 0 spiro atoms. The summed E-state index contributed by atoms with van der Waals surface area (Å²) in [7, 11) is 4.09. The molecule has 0 fully saturated rings. The highest BCUT2D eigenvalue weighted by Crippen LogP contribution is 2.27. The molecule has 2 aromatic heterocycles. The van der Waals surface area contributed by atoms with Gasteiger partial charge in [-0.25, -0.2) is 9.13 Å². The molecular weight excluding hydrogens is 424 g/mol. The zero-order valence-corrected chi connectivity index (χ0v) is 21.4. The zero-order chi connectivity index (χ0) is 27.9. The number of hydrogen-bond donors (Lipinski definition) is 0. The van der Waals surface area contributed by atoms with Gasteiger partial charge < -0.3 is 0 Å². The van der Waals surface area contributed by atoms with Gasteiger partial charge in [0.15, 0.2) is 12.4 Å². The largest absolute Gasteiger partial charge is 0.212 e. The first-order valence-electron chi connectivity index (χ1n) is 14.7. The number of fused-ring (bicyclic) bond motifs is 2. The maximum atomic E-state index is 8.25. The fraction of sp³-hybridized carbons (Fsp3) is 0.333. The SMILES string of the molecule is [2H]C1([2H])CCCc2c[n+](C)c(-c3ccccc3C)cc21.[2H]C1([2H])CCc2c[n+](C)c(-c3ccccc3C)cc21. The van der Waals surface area contributed by atoms with Crippen molar-refractivity contribution >= 4 is 0 Å². The fourth-order valence-electron chi connectivity index (χ4n) is 5.23. The standard InChI is InChI=1S/C17H20N.C16H18N/c1-13-7-3-6-10-16(13)17-11-14-8-4-5-9-15(14)12-18(17)2;1-12-6-3-4-9-15(12)16-10-13-7-5-8-14(13)11-17(16)2/h3,6-7,10-12H,4-5,8-9H2,1-2H3;3-4,6,9-11H,5,7-8H2,1-2H3/q2*+1/i8D2;7D2. The Kier molecular flexibility index (Phi) is 5.51. The molecule has 0 N–H and O–H groups in total. The third kappa shape index (κ3) is 4.93. The molecule has 2 heterocycles. The zero-order valence-electron chi connectivity index (χ0n) is 25.4. The van der Waals surface area contributed by atoms with Crippen molar-refractivity contribution in [2.45, 2.75) is 58.7 Å². The Morgan fingerprint density at radius 1 is 0.600 bits per heavy atom. The number of benzene rings is 2. The molecule has 2 aromatic carbocycles. The van der Waals surface area contributed by atoms with E-state index in [0.29, 0.717) is 12.8 Å². The van der Waals surface area contributed by atoms with Gasteiger partial charge in [0.25, 0.3) is 0 Å². The van der Waals surface area contributed by atoms with E-state index in [2.05, 4.69) is 65.7 Å². The summed E-state index contributed by atoms with van der Waals surface area (Å²) in [4.78, 5) is 0. The minimum absolute atomic E-state index is 0.597. The number of aromatic nitrogens is 2.